The largest absolute Gasteiger partial charge is 0.444 e. The van der Waals surface area contributed by atoms with Crippen LogP contribution in [0.25, 0.3) is 0 Å². The third-order valence-corrected chi connectivity index (χ3v) is 3.75. The van der Waals surface area contributed by atoms with Crippen LogP contribution in [0.4, 0.5) is 4.79 Å². The molecule has 1 aliphatic rings. The van der Waals surface area contributed by atoms with E-state index in [0.29, 0.717) is 12.5 Å². The van der Waals surface area contributed by atoms with Crippen molar-refractivity contribution < 1.29 is 9.53 Å². The van der Waals surface area contributed by atoms with E-state index in [2.05, 4.69) is 23.6 Å². The predicted octanol–water partition coefficient (Wildman–Crippen LogP) is 3.10. The Morgan fingerprint density at radius 1 is 1.29 bits per heavy atom. The molecule has 0 aromatic rings. The number of alkyl carbamates (subject to hydrolysis) is 1. The SMILES string of the molecule is CCC(CC#N)NC1CCC(NC(=O)OC(C)(C)C)CC1. The Morgan fingerprint density at radius 2 is 1.86 bits per heavy atom. The van der Waals surface area contributed by atoms with Crippen molar-refractivity contribution in [2.45, 2.75) is 89.9 Å². The first kappa shape index (κ1) is 17.8. The van der Waals surface area contributed by atoms with E-state index >= 15 is 0 Å². The number of ether oxygens (including phenoxy) is 1. The van der Waals surface area contributed by atoms with Crippen molar-refractivity contribution in [1.82, 2.24) is 10.6 Å². The summed E-state index contributed by atoms with van der Waals surface area (Å²) in [7, 11) is 0. The number of carbonyl (C=O) groups excluding carboxylic acids is 1. The second kappa shape index (κ2) is 8.23. The Bertz CT molecular complexity index is 363. The van der Waals surface area contributed by atoms with Crippen LogP contribution in [0.1, 0.15) is 66.2 Å². The van der Waals surface area contributed by atoms with Gasteiger partial charge in [-0.3, -0.25) is 0 Å². The lowest BCUT2D eigenvalue weighted by Crippen LogP contribution is -2.46. The molecule has 120 valence electrons. The summed E-state index contributed by atoms with van der Waals surface area (Å²) in [5.41, 5.74) is -0.450. The second-order valence-electron chi connectivity index (χ2n) is 6.83. The van der Waals surface area contributed by atoms with E-state index in [-0.39, 0.29) is 18.2 Å². The normalized spacial score (nSPS) is 24.0. The fourth-order valence-corrected chi connectivity index (χ4v) is 2.64. The molecular formula is C16H29N3O2. The number of amides is 1. The van der Waals surface area contributed by atoms with Crippen LogP contribution in [0.2, 0.25) is 0 Å². The van der Waals surface area contributed by atoms with Gasteiger partial charge in [-0.15, -0.1) is 0 Å². The summed E-state index contributed by atoms with van der Waals surface area (Å²) < 4.78 is 5.28. The van der Waals surface area contributed by atoms with Gasteiger partial charge in [0.05, 0.1) is 12.5 Å². The second-order valence-corrected chi connectivity index (χ2v) is 6.83. The molecule has 2 N–H and O–H groups in total. The molecule has 0 aromatic carbocycles. The number of nitrogens with zero attached hydrogens (tertiary/aromatic N) is 1. The number of nitrogens with one attached hydrogen (secondary N) is 2. The van der Waals surface area contributed by atoms with E-state index < -0.39 is 5.60 Å². The average Bonchev–Trinajstić information content (AvgIpc) is 2.38. The Kier molecular flexibility index (Phi) is 6.97. The Morgan fingerprint density at radius 3 is 2.33 bits per heavy atom. The molecule has 1 unspecified atom stereocenters. The molecule has 5 nitrogen and oxygen atoms in total. The third-order valence-electron chi connectivity index (χ3n) is 3.75. The summed E-state index contributed by atoms with van der Waals surface area (Å²) in [5.74, 6) is 0. The first-order valence-corrected chi connectivity index (χ1v) is 7.96. The molecule has 0 spiro atoms. The Labute approximate surface area is 128 Å². The lowest BCUT2D eigenvalue weighted by Gasteiger charge is -2.32. The Balaban J connectivity index is 2.29. The average molecular weight is 295 g/mol. The smallest absolute Gasteiger partial charge is 0.407 e. The minimum absolute atomic E-state index is 0.203. The van der Waals surface area contributed by atoms with Gasteiger partial charge in [-0.25, -0.2) is 4.79 Å². The molecule has 1 amide bonds. The van der Waals surface area contributed by atoms with Crippen LogP contribution in [0.5, 0.6) is 0 Å². The van der Waals surface area contributed by atoms with Crippen LogP contribution >= 0.6 is 0 Å². The van der Waals surface area contributed by atoms with Crippen LogP contribution in [0.15, 0.2) is 0 Å². The number of hydrogen-bond donors (Lipinski definition) is 2. The molecule has 0 bridgehead atoms. The molecule has 1 atom stereocenters. The van der Waals surface area contributed by atoms with Gasteiger partial charge in [-0.2, -0.15) is 5.26 Å². The fraction of sp³-hybridized carbons (Fsp3) is 0.875. The van der Waals surface area contributed by atoms with Gasteiger partial charge < -0.3 is 15.4 Å². The maximum absolute atomic E-state index is 11.7. The number of rotatable bonds is 5. The molecule has 0 aromatic heterocycles. The van der Waals surface area contributed by atoms with E-state index in [1.165, 1.54) is 0 Å². The van der Waals surface area contributed by atoms with Crippen LogP contribution in [-0.2, 0) is 4.74 Å². The number of nitriles is 1. The molecular weight excluding hydrogens is 266 g/mol. The van der Waals surface area contributed by atoms with Crippen molar-refractivity contribution in [3.63, 3.8) is 0 Å². The predicted molar refractivity (Wildman–Crippen MR) is 82.9 cm³/mol. The summed E-state index contributed by atoms with van der Waals surface area (Å²) in [6.45, 7) is 7.71. The molecule has 1 aliphatic carbocycles. The van der Waals surface area contributed by atoms with Gasteiger partial charge in [-0.05, 0) is 52.9 Å². The first-order valence-electron chi connectivity index (χ1n) is 7.96. The molecule has 0 heterocycles. The first-order chi connectivity index (χ1) is 9.84. The lowest BCUT2D eigenvalue weighted by molar-refractivity contribution is 0.0489. The van der Waals surface area contributed by atoms with Gasteiger partial charge in [0.2, 0.25) is 0 Å². The molecule has 1 rings (SSSR count). The van der Waals surface area contributed by atoms with E-state index in [9.17, 15) is 4.79 Å². The molecule has 1 saturated carbocycles. The van der Waals surface area contributed by atoms with Gasteiger partial charge in [0.15, 0.2) is 0 Å². The zero-order chi connectivity index (χ0) is 15.9. The van der Waals surface area contributed by atoms with Gasteiger partial charge in [0, 0.05) is 18.1 Å². The highest BCUT2D eigenvalue weighted by atomic mass is 16.6. The quantitative estimate of drug-likeness (QED) is 0.817. The topological polar surface area (TPSA) is 74.2 Å². The van der Waals surface area contributed by atoms with Crippen molar-refractivity contribution in [1.29, 1.82) is 5.26 Å². The van der Waals surface area contributed by atoms with Gasteiger partial charge >= 0.3 is 6.09 Å². The number of carbonyl (C=O) groups is 1. The standard InChI is InChI=1S/C16H29N3O2/c1-5-12(10-11-17)18-13-6-8-14(9-7-13)19-15(20)21-16(2,3)4/h12-14,18H,5-10H2,1-4H3,(H,19,20). The van der Waals surface area contributed by atoms with Gasteiger partial charge in [0.1, 0.15) is 5.60 Å². The summed E-state index contributed by atoms with van der Waals surface area (Å²) in [6.07, 6.45) is 5.19. The molecule has 0 aliphatic heterocycles. The minimum Gasteiger partial charge on any atom is -0.444 e. The molecule has 21 heavy (non-hydrogen) atoms. The van der Waals surface area contributed by atoms with Crippen molar-refractivity contribution >= 4 is 6.09 Å². The van der Waals surface area contributed by atoms with Crippen molar-refractivity contribution in [3.8, 4) is 6.07 Å². The highest BCUT2D eigenvalue weighted by Gasteiger charge is 2.25. The zero-order valence-corrected chi connectivity index (χ0v) is 13.7. The molecule has 0 radical (unpaired) electrons. The minimum atomic E-state index is -0.450. The lowest BCUT2D eigenvalue weighted by atomic mass is 9.90. The highest BCUT2D eigenvalue weighted by Crippen LogP contribution is 2.20. The molecule has 5 heteroatoms. The van der Waals surface area contributed by atoms with Crippen molar-refractivity contribution in [2.75, 3.05) is 0 Å². The summed E-state index contributed by atoms with van der Waals surface area (Å²) in [6, 6.07) is 3.18. The maximum Gasteiger partial charge on any atom is 0.407 e. The highest BCUT2D eigenvalue weighted by molar-refractivity contribution is 5.68. The van der Waals surface area contributed by atoms with E-state index in [4.69, 9.17) is 10.00 Å². The van der Waals surface area contributed by atoms with Crippen LogP contribution in [-0.4, -0.2) is 29.8 Å². The van der Waals surface area contributed by atoms with Crippen LogP contribution in [0, 0.1) is 11.3 Å². The van der Waals surface area contributed by atoms with Gasteiger partial charge in [0.25, 0.3) is 0 Å². The van der Waals surface area contributed by atoms with E-state index in [1.54, 1.807) is 0 Å². The van der Waals surface area contributed by atoms with Gasteiger partial charge in [-0.1, -0.05) is 6.92 Å². The zero-order valence-electron chi connectivity index (χ0n) is 13.7. The van der Waals surface area contributed by atoms with Crippen LogP contribution in [0.3, 0.4) is 0 Å². The van der Waals surface area contributed by atoms with Crippen molar-refractivity contribution in [3.05, 3.63) is 0 Å². The van der Waals surface area contributed by atoms with Crippen LogP contribution < -0.4 is 10.6 Å². The molecule has 1 fully saturated rings. The van der Waals surface area contributed by atoms with E-state index in [1.807, 2.05) is 20.8 Å². The number of hydrogen-bond acceptors (Lipinski definition) is 4. The molecule has 0 saturated heterocycles. The van der Waals surface area contributed by atoms with E-state index in [0.717, 1.165) is 32.1 Å². The Hall–Kier alpha value is -1.28. The summed E-state index contributed by atoms with van der Waals surface area (Å²) in [4.78, 5) is 11.7. The summed E-state index contributed by atoms with van der Waals surface area (Å²) in [5, 5.41) is 15.3. The monoisotopic (exact) mass is 295 g/mol. The van der Waals surface area contributed by atoms with Crippen molar-refractivity contribution in [2.24, 2.45) is 0 Å². The summed E-state index contributed by atoms with van der Waals surface area (Å²) >= 11 is 0. The third kappa shape index (κ3) is 7.33. The maximum atomic E-state index is 11.7. The fourth-order valence-electron chi connectivity index (χ4n) is 2.64.